The predicted octanol–water partition coefficient (Wildman–Crippen LogP) is -3.46. The zero-order valence-electron chi connectivity index (χ0n) is 8.68. The molecule has 14 heavy (non-hydrogen) atoms. The fraction of sp³-hybridized carbons (Fsp3) is 0. The van der Waals surface area contributed by atoms with Crippen molar-refractivity contribution in [1.29, 1.82) is 0 Å². The van der Waals surface area contributed by atoms with Crippen molar-refractivity contribution in [3.8, 4) is 0 Å². The molecule has 1 heterocycles. The molecule has 1 aromatic rings. The number of carbonyl (C=O) groups excluding carboxylic acids is 1. The Hall–Kier alpha value is -1.11. The van der Waals surface area contributed by atoms with Gasteiger partial charge in [0.25, 0.3) is 0 Å². The number of rotatable bonds is 2. The van der Waals surface area contributed by atoms with Crippen LogP contribution in [0.5, 0.6) is 0 Å². The van der Waals surface area contributed by atoms with Crippen LogP contribution in [-0.4, -0.2) is 16.9 Å². The first-order valence-electron chi connectivity index (χ1n) is 3.41. The molecule has 7 heteroatoms. The van der Waals surface area contributed by atoms with Gasteiger partial charge in [-0.2, -0.15) is 0 Å². The number of oxime groups is 1. The van der Waals surface area contributed by atoms with Crippen LogP contribution in [-0.2, 0) is 4.84 Å². The molecule has 4 N–H and O–H groups in total. The quantitative estimate of drug-likeness (QED) is 0.171. The van der Waals surface area contributed by atoms with E-state index >= 15 is 0 Å². The third-order valence-electron chi connectivity index (χ3n) is 1.11. The summed E-state index contributed by atoms with van der Waals surface area (Å²) in [6, 6.07) is 4.82. The van der Waals surface area contributed by atoms with Crippen LogP contribution in [0, 0.1) is 0 Å². The third kappa shape index (κ3) is 4.22. The number of nitrogens with zero attached hydrogens (tertiary/aromatic N) is 2. The van der Waals surface area contributed by atoms with E-state index in [1.54, 1.807) is 12.1 Å². The average Bonchev–Trinajstić information content (AvgIpc) is 2.15. The fourth-order valence-corrected chi connectivity index (χ4v) is 0.624. The van der Waals surface area contributed by atoms with Crippen molar-refractivity contribution in [3.63, 3.8) is 0 Å². The second-order valence-electron chi connectivity index (χ2n) is 2.11. The van der Waals surface area contributed by atoms with Crippen LogP contribution in [0.1, 0.15) is 11.9 Å². The molecule has 1 aromatic heterocycles. The average molecular weight is 204 g/mol. The van der Waals surface area contributed by atoms with Gasteiger partial charge in [-0.3, -0.25) is 0 Å². The Morgan fingerprint density at radius 2 is 2.21 bits per heavy atom. The minimum atomic E-state index is -0.700. The maximum atomic E-state index is 11.0. The van der Waals surface area contributed by atoms with Crippen LogP contribution in [0.4, 0.5) is 0 Å². The Bertz CT molecular complexity index is 329. The van der Waals surface area contributed by atoms with Crippen molar-refractivity contribution in [2.45, 2.75) is 0 Å². The standard InChI is InChI=1S/C7H8N4O2.Na.H/c8-7(9)11-13-6(12)5-3-1-2-4-10-5;;/h1-4H,(H4,8,9,11);;/q;+1;-1. The number of hydrogen-bond acceptors (Lipinski definition) is 4. The molecule has 0 saturated heterocycles. The van der Waals surface area contributed by atoms with E-state index in [0.717, 1.165) is 0 Å². The number of nitrogens with two attached hydrogens (primary N) is 2. The van der Waals surface area contributed by atoms with E-state index in [1.165, 1.54) is 12.3 Å². The smallest absolute Gasteiger partial charge is 1.00 e. The summed E-state index contributed by atoms with van der Waals surface area (Å²) >= 11 is 0. The van der Waals surface area contributed by atoms with Crippen molar-refractivity contribution in [3.05, 3.63) is 30.1 Å². The predicted molar refractivity (Wildman–Crippen MR) is 46.6 cm³/mol. The van der Waals surface area contributed by atoms with Gasteiger partial charge >= 0.3 is 35.5 Å². The molecule has 0 spiro atoms. The Labute approximate surface area is 104 Å². The number of pyridine rings is 1. The topological polar surface area (TPSA) is 104 Å². The van der Waals surface area contributed by atoms with Crippen molar-refractivity contribution < 1.29 is 40.6 Å². The summed E-state index contributed by atoms with van der Waals surface area (Å²) in [6.07, 6.45) is 1.46. The van der Waals surface area contributed by atoms with Crippen LogP contribution in [0.2, 0.25) is 0 Å². The monoisotopic (exact) mass is 204 g/mol. The summed E-state index contributed by atoms with van der Waals surface area (Å²) in [5.41, 5.74) is 10.0. The summed E-state index contributed by atoms with van der Waals surface area (Å²) in [5.74, 6) is -1.02. The minimum Gasteiger partial charge on any atom is -1.00 e. The number of guanidine groups is 1. The van der Waals surface area contributed by atoms with E-state index in [9.17, 15) is 4.79 Å². The molecule has 0 aliphatic heterocycles. The van der Waals surface area contributed by atoms with Gasteiger partial charge in [-0.15, -0.1) is 0 Å². The maximum absolute atomic E-state index is 11.0. The van der Waals surface area contributed by atoms with Crippen LogP contribution >= 0.6 is 0 Å². The van der Waals surface area contributed by atoms with Gasteiger partial charge in [0.2, 0.25) is 5.96 Å². The van der Waals surface area contributed by atoms with Gasteiger partial charge in [0, 0.05) is 6.20 Å². The maximum Gasteiger partial charge on any atom is 1.00 e. The number of hydrogen-bond donors (Lipinski definition) is 2. The molecule has 0 saturated carbocycles. The van der Waals surface area contributed by atoms with Crippen molar-refractivity contribution in [2.24, 2.45) is 16.6 Å². The van der Waals surface area contributed by atoms with Gasteiger partial charge in [-0.1, -0.05) is 6.07 Å². The molecule has 70 valence electrons. The number of carbonyl (C=O) groups is 1. The summed E-state index contributed by atoms with van der Waals surface area (Å²) in [4.78, 5) is 19.1. The molecule has 0 aliphatic carbocycles. The van der Waals surface area contributed by atoms with Crippen LogP contribution in [0.3, 0.4) is 0 Å². The van der Waals surface area contributed by atoms with Gasteiger partial charge in [0.1, 0.15) is 0 Å². The SMILES string of the molecule is NC(N)=NOC(=O)c1ccccn1.[H-].[Na+]. The minimum absolute atomic E-state index is 0. The van der Waals surface area contributed by atoms with Crippen LogP contribution in [0.15, 0.2) is 29.6 Å². The van der Waals surface area contributed by atoms with Crippen molar-refractivity contribution in [1.82, 2.24) is 4.98 Å². The van der Waals surface area contributed by atoms with Gasteiger partial charge < -0.3 is 17.7 Å². The van der Waals surface area contributed by atoms with E-state index in [0.29, 0.717) is 0 Å². The first-order chi connectivity index (χ1) is 6.20. The third-order valence-corrected chi connectivity index (χ3v) is 1.11. The van der Waals surface area contributed by atoms with Crippen molar-refractivity contribution in [2.75, 3.05) is 0 Å². The first-order valence-corrected chi connectivity index (χ1v) is 3.41. The molecule has 0 aliphatic rings. The Kier molecular flexibility index (Phi) is 5.86. The van der Waals surface area contributed by atoms with E-state index in [2.05, 4.69) is 15.0 Å². The van der Waals surface area contributed by atoms with Crippen molar-refractivity contribution >= 4 is 11.9 Å². The summed E-state index contributed by atoms with van der Waals surface area (Å²) < 4.78 is 0. The molecular formula is C7H9N4NaO2. The van der Waals surface area contributed by atoms with E-state index < -0.39 is 5.97 Å². The molecule has 6 nitrogen and oxygen atoms in total. The zero-order valence-corrected chi connectivity index (χ0v) is 9.68. The largest absolute Gasteiger partial charge is 1.00 e. The second-order valence-corrected chi connectivity index (χ2v) is 2.11. The summed E-state index contributed by atoms with van der Waals surface area (Å²) in [6.45, 7) is 0. The van der Waals surface area contributed by atoms with Gasteiger partial charge in [0.15, 0.2) is 5.69 Å². The molecular weight excluding hydrogens is 195 g/mol. The summed E-state index contributed by atoms with van der Waals surface area (Å²) in [5, 5.41) is 3.08. The van der Waals surface area contributed by atoms with Crippen LogP contribution in [0.25, 0.3) is 0 Å². The normalized spacial score (nSPS) is 8.29. The Morgan fingerprint density at radius 3 is 2.71 bits per heavy atom. The number of aromatic nitrogens is 1. The molecule has 0 fully saturated rings. The Morgan fingerprint density at radius 1 is 1.50 bits per heavy atom. The molecule has 0 aromatic carbocycles. The van der Waals surface area contributed by atoms with E-state index in [-0.39, 0.29) is 42.6 Å². The fourth-order valence-electron chi connectivity index (χ4n) is 0.624. The second kappa shape index (κ2) is 6.36. The molecule has 0 amide bonds. The van der Waals surface area contributed by atoms with Crippen LogP contribution < -0.4 is 41.0 Å². The zero-order chi connectivity index (χ0) is 9.68. The van der Waals surface area contributed by atoms with Gasteiger partial charge in [-0.05, 0) is 17.3 Å². The van der Waals surface area contributed by atoms with E-state index in [4.69, 9.17) is 11.5 Å². The first kappa shape index (κ1) is 12.9. The summed E-state index contributed by atoms with van der Waals surface area (Å²) in [7, 11) is 0. The molecule has 0 bridgehead atoms. The molecule has 0 radical (unpaired) electrons. The molecule has 0 atom stereocenters. The molecule has 1 rings (SSSR count). The van der Waals surface area contributed by atoms with Gasteiger partial charge in [0.05, 0.1) is 0 Å². The van der Waals surface area contributed by atoms with Gasteiger partial charge in [-0.25, -0.2) is 9.78 Å². The molecule has 0 unspecified atom stereocenters. The Balaban J connectivity index is 0. The van der Waals surface area contributed by atoms with E-state index in [1.807, 2.05) is 0 Å².